The number of nitrogens with one attached hydrogen (secondary N) is 2. The highest BCUT2D eigenvalue weighted by Crippen LogP contribution is 2.48. The van der Waals surface area contributed by atoms with Crippen LogP contribution >= 0.6 is 0 Å². The number of fused-ring (bicyclic) bond motifs is 5. The monoisotopic (exact) mass is 660 g/mol. The summed E-state index contributed by atoms with van der Waals surface area (Å²) in [5.41, 5.74) is 6.96. The van der Waals surface area contributed by atoms with Crippen molar-refractivity contribution in [3.63, 3.8) is 0 Å². The standard InChI is InChI=1S/C40H44N4O5/c1-3-43-22-23-44-34-24-28(38(47)42-40(20-7-21-40)39(48)41-29-14-10-26(11-15-29)12-19-35(45)46)13-17-31(34)36(27-8-5-4-6-9-27)37(44)32-18-16-30(49-2)25-33(32)43/h10-19,24-25,27H,3-9,20-23H2,1-2H3,(H,41,48)(H,42,47)(H,45,46)/b19-12+. The van der Waals surface area contributed by atoms with Gasteiger partial charge in [-0.3, -0.25) is 9.59 Å². The minimum absolute atomic E-state index is 0.246. The number of rotatable bonds is 9. The molecule has 3 aromatic carbocycles. The Labute approximate surface area is 286 Å². The lowest BCUT2D eigenvalue weighted by molar-refractivity contribution is -0.131. The van der Waals surface area contributed by atoms with Gasteiger partial charge in [-0.15, -0.1) is 0 Å². The first kappa shape index (κ1) is 32.5. The van der Waals surface area contributed by atoms with Crippen LogP contribution in [0.5, 0.6) is 5.75 Å². The molecule has 0 saturated heterocycles. The average Bonchev–Trinajstić information content (AvgIpc) is 3.33. The summed E-state index contributed by atoms with van der Waals surface area (Å²) in [5, 5.41) is 16.2. The molecule has 0 atom stereocenters. The van der Waals surface area contributed by atoms with E-state index in [2.05, 4.69) is 51.3 Å². The second-order valence-electron chi connectivity index (χ2n) is 13.6. The molecule has 0 unspecified atom stereocenters. The molecular weight excluding hydrogens is 616 g/mol. The summed E-state index contributed by atoms with van der Waals surface area (Å²) in [4.78, 5) is 40.8. The molecule has 1 aromatic heterocycles. The Hall–Kier alpha value is -5.05. The Balaban J connectivity index is 1.21. The number of aliphatic carboxylic acids is 1. The third-order valence-corrected chi connectivity index (χ3v) is 10.7. The highest BCUT2D eigenvalue weighted by Gasteiger charge is 2.45. The summed E-state index contributed by atoms with van der Waals surface area (Å²) in [6.07, 6.45) is 10.6. The SMILES string of the molecule is CCN1CCn2c(c(C3CCCCC3)c3ccc(C(=O)NC4(C(=O)Nc5ccc(/C=C/C(=O)O)cc5)CCC4)cc32)-c2ccc(OC)cc21. The molecule has 0 radical (unpaired) electrons. The quantitative estimate of drug-likeness (QED) is 0.160. The number of hydrogen-bond acceptors (Lipinski definition) is 5. The molecule has 254 valence electrons. The van der Waals surface area contributed by atoms with Crippen LogP contribution in [0.3, 0.4) is 0 Å². The zero-order valence-corrected chi connectivity index (χ0v) is 28.3. The van der Waals surface area contributed by atoms with Crippen LogP contribution in [0.1, 0.15) is 85.7 Å². The molecule has 9 heteroatoms. The zero-order chi connectivity index (χ0) is 34.1. The topological polar surface area (TPSA) is 113 Å². The predicted octanol–water partition coefficient (Wildman–Crippen LogP) is 7.59. The van der Waals surface area contributed by atoms with Gasteiger partial charge in [-0.05, 0) is 98.5 Å². The Kier molecular flexibility index (Phi) is 8.92. The Morgan fingerprint density at radius 3 is 2.41 bits per heavy atom. The van der Waals surface area contributed by atoms with E-state index in [-0.39, 0.29) is 11.8 Å². The van der Waals surface area contributed by atoms with Crippen LogP contribution < -0.4 is 20.3 Å². The van der Waals surface area contributed by atoms with Gasteiger partial charge in [-0.25, -0.2) is 4.79 Å². The number of hydrogen-bond donors (Lipinski definition) is 3. The van der Waals surface area contributed by atoms with Crippen LogP contribution in [0.4, 0.5) is 11.4 Å². The summed E-state index contributed by atoms with van der Waals surface area (Å²) in [5.74, 6) is -0.219. The minimum Gasteiger partial charge on any atom is -0.497 e. The van der Waals surface area contributed by atoms with E-state index in [0.717, 1.165) is 56.2 Å². The lowest BCUT2D eigenvalue weighted by Crippen LogP contribution is -2.61. The van der Waals surface area contributed by atoms with Gasteiger partial charge >= 0.3 is 5.97 Å². The molecule has 7 rings (SSSR count). The van der Waals surface area contributed by atoms with Crippen molar-refractivity contribution in [2.24, 2.45) is 0 Å². The van der Waals surface area contributed by atoms with Crippen molar-refractivity contribution < 1.29 is 24.2 Å². The molecule has 0 bridgehead atoms. The van der Waals surface area contributed by atoms with Crippen LogP contribution in [-0.4, -0.2) is 53.2 Å². The van der Waals surface area contributed by atoms with Gasteiger partial charge in [0.25, 0.3) is 5.91 Å². The number of carboxylic acids is 1. The number of anilines is 2. The molecule has 4 aromatic rings. The number of likely N-dealkylation sites (N-methyl/N-ethyl adjacent to an activating group) is 1. The lowest BCUT2D eigenvalue weighted by atomic mass is 9.75. The summed E-state index contributed by atoms with van der Waals surface area (Å²) in [6, 6.07) is 19.4. The van der Waals surface area contributed by atoms with Gasteiger partial charge in [0, 0.05) is 65.2 Å². The van der Waals surface area contributed by atoms with Gasteiger partial charge in [-0.2, -0.15) is 0 Å². The van der Waals surface area contributed by atoms with E-state index >= 15 is 0 Å². The van der Waals surface area contributed by atoms with Gasteiger partial charge in [0.05, 0.1) is 12.8 Å². The molecule has 3 N–H and O–H groups in total. The maximum Gasteiger partial charge on any atom is 0.328 e. The Morgan fingerprint density at radius 2 is 1.73 bits per heavy atom. The van der Waals surface area contributed by atoms with Crippen molar-refractivity contribution in [3.8, 4) is 17.0 Å². The molecule has 2 fully saturated rings. The number of carbonyl (C=O) groups is 3. The first-order chi connectivity index (χ1) is 23.8. The van der Waals surface area contributed by atoms with Gasteiger partial charge < -0.3 is 29.9 Å². The van der Waals surface area contributed by atoms with E-state index in [0.29, 0.717) is 35.6 Å². The van der Waals surface area contributed by atoms with Crippen LogP contribution in [0.2, 0.25) is 0 Å². The van der Waals surface area contributed by atoms with Crippen LogP contribution in [-0.2, 0) is 16.1 Å². The molecule has 0 spiro atoms. The summed E-state index contributed by atoms with van der Waals surface area (Å²) in [7, 11) is 1.71. The van der Waals surface area contributed by atoms with Crippen LogP contribution in [0, 0.1) is 0 Å². The van der Waals surface area contributed by atoms with Gasteiger partial charge in [0.2, 0.25) is 5.91 Å². The maximum absolute atomic E-state index is 14.0. The van der Waals surface area contributed by atoms with Gasteiger partial charge in [0.15, 0.2) is 0 Å². The summed E-state index contributed by atoms with van der Waals surface area (Å²) >= 11 is 0. The summed E-state index contributed by atoms with van der Waals surface area (Å²) in [6.45, 7) is 4.71. The highest BCUT2D eigenvalue weighted by atomic mass is 16.5. The lowest BCUT2D eigenvalue weighted by Gasteiger charge is -2.40. The molecule has 2 saturated carbocycles. The van der Waals surface area contributed by atoms with E-state index in [4.69, 9.17) is 9.84 Å². The molecule has 49 heavy (non-hydrogen) atoms. The van der Waals surface area contributed by atoms with E-state index < -0.39 is 11.5 Å². The number of ether oxygens (including phenoxy) is 1. The number of carbonyl (C=O) groups excluding carboxylic acids is 2. The molecule has 2 heterocycles. The normalized spacial score (nSPS) is 17.1. The van der Waals surface area contributed by atoms with Crippen molar-refractivity contribution in [3.05, 3.63) is 83.4 Å². The first-order valence-electron chi connectivity index (χ1n) is 17.5. The highest BCUT2D eigenvalue weighted by molar-refractivity contribution is 6.06. The number of nitrogens with zero attached hydrogens (tertiary/aromatic N) is 2. The zero-order valence-electron chi connectivity index (χ0n) is 28.3. The van der Waals surface area contributed by atoms with E-state index in [9.17, 15) is 14.4 Å². The third kappa shape index (κ3) is 6.18. The maximum atomic E-state index is 14.0. The fourth-order valence-corrected chi connectivity index (χ4v) is 7.94. The second kappa shape index (κ2) is 13.5. The number of benzene rings is 3. The smallest absolute Gasteiger partial charge is 0.328 e. The fourth-order valence-electron chi connectivity index (χ4n) is 7.94. The van der Waals surface area contributed by atoms with Crippen molar-refractivity contribution >= 4 is 46.1 Å². The van der Waals surface area contributed by atoms with Gasteiger partial charge in [0.1, 0.15) is 11.3 Å². The average molecular weight is 661 g/mol. The number of methoxy groups -OCH3 is 1. The largest absolute Gasteiger partial charge is 0.497 e. The second-order valence-corrected chi connectivity index (χ2v) is 13.6. The van der Waals surface area contributed by atoms with Crippen molar-refractivity contribution in [1.29, 1.82) is 0 Å². The van der Waals surface area contributed by atoms with Crippen molar-refractivity contribution in [2.45, 2.75) is 76.3 Å². The van der Waals surface area contributed by atoms with Crippen LogP contribution in [0.15, 0.2) is 66.7 Å². The molecular formula is C40H44N4O5. The summed E-state index contributed by atoms with van der Waals surface area (Å²) < 4.78 is 8.08. The number of carboxylic acid groups (broad SMARTS) is 1. The Morgan fingerprint density at radius 1 is 0.959 bits per heavy atom. The molecule has 3 aliphatic rings. The van der Waals surface area contributed by atoms with E-state index in [1.165, 1.54) is 53.2 Å². The number of aromatic nitrogens is 1. The van der Waals surface area contributed by atoms with Crippen LogP contribution in [0.25, 0.3) is 28.2 Å². The molecule has 2 amide bonds. The van der Waals surface area contributed by atoms with E-state index in [1.54, 1.807) is 31.4 Å². The van der Waals surface area contributed by atoms with Crippen molar-refractivity contribution in [1.82, 2.24) is 9.88 Å². The van der Waals surface area contributed by atoms with Gasteiger partial charge in [-0.1, -0.05) is 37.5 Å². The minimum atomic E-state index is -1.02. The molecule has 2 aliphatic carbocycles. The third-order valence-electron chi connectivity index (χ3n) is 10.7. The predicted molar refractivity (Wildman–Crippen MR) is 193 cm³/mol. The molecule has 9 nitrogen and oxygen atoms in total. The number of amides is 2. The van der Waals surface area contributed by atoms with E-state index in [1.807, 2.05) is 12.1 Å². The fraction of sp³-hybridized carbons (Fsp3) is 0.375. The Bertz CT molecular complexity index is 1930. The molecule has 1 aliphatic heterocycles. The first-order valence-corrected chi connectivity index (χ1v) is 17.5. The van der Waals surface area contributed by atoms with Crippen molar-refractivity contribution in [2.75, 3.05) is 30.4 Å².